The standard InChI is InChI=1S/C36H37Cl2N3O6S/c1-25(2)22-39-36(43)32(20-26-10-5-3-6-11-26)40(23-29-30(37)14-9-15-31(29)38)35(42)24-41(48(44,45)28-12-7-4-8-13-28)27-16-17-33-34(21-27)47-19-18-46-33/h3-17,21,25,32H,18-20,22-24H2,1-2H3,(H,39,43)/t32-/m0/s1. The van der Waals surface area contributed by atoms with Crippen molar-refractivity contribution in [1.82, 2.24) is 10.2 Å². The quantitative estimate of drug-likeness (QED) is 0.173. The Hall–Kier alpha value is -4.25. The molecule has 0 aromatic heterocycles. The number of carbonyl (C=O) groups excluding carboxylic acids is 2. The van der Waals surface area contributed by atoms with Gasteiger partial charge in [0.1, 0.15) is 25.8 Å². The number of sulfonamides is 1. The number of halogens is 2. The minimum atomic E-state index is -4.29. The summed E-state index contributed by atoms with van der Waals surface area (Å²) >= 11 is 13.2. The molecule has 0 aliphatic carbocycles. The van der Waals surface area contributed by atoms with Crippen molar-refractivity contribution in [2.24, 2.45) is 5.92 Å². The molecule has 1 aliphatic rings. The first-order valence-electron chi connectivity index (χ1n) is 15.6. The summed E-state index contributed by atoms with van der Waals surface area (Å²) in [5.74, 6) is -0.0561. The van der Waals surface area contributed by atoms with Crippen molar-refractivity contribution >= 4 is 50.7 Å². The van der Waals surface area contributed by atoms with Gasteiger partial charge in [0, 0.05) is 41.2 Å². The van der Waals surface area contributed by atoms with E-state index in [2.05, 4.69) is 5.32 Å². The minimum Gasteiger partial charge on any atom is -0.486 e. The molecule has 4 aromatic rings. The molecule has 5 rings (SSSR count). The first-order chi connectivity index (χ1) is 23.0. The highest BCUT2D eigenvalue weighted by Gasteiger charge is 2.35. The summed E-state index contributed by atoms with van der Waals surface area (Å²) in [6.45, 7) is 4.19. The summed E-state index contributed by atoms with van der Waals surface area (Å²) in [6, 6.07) is 25.8. The van der Waals surface area contributed by atoms with Gasteiger partial charge in [-0.2, -0.15) is 0 Å². The van der Waals surface area contributed by atoms with Gasteiger partial charge in [-0.15, -0.1) is 0 Å². The number of amides is 2. The van der Waals surface area contributed by atoms with Crippen molar-refractivity contribution in [2.75, 3.05) is 30.6 Å². The molecule has 4 aromatic carbocycles. The van der Waals surface area contributed by atoms with Crippen LogP contribution in [0.1, 0.15) is 25.0 Å². The first kappa shape index (κ1) is 35.1. The van der Waals surface area contributed by atoms with Crippen molar-refractivity contribution < 1.29 is 27.5 Å². The van der Waals surface area contributed by atoms with Crippen LogP contribution >= 0.6 is 23.2 Å². The van der Waals surface area contributed by atoms with Gasteiger partial charge in [-0.1, -0.05) is 91.6 Å². The molecule has 9 nitrogen and oxygen atoms in total. The lowest BCUT2D eigenvalue weighted by Crippen LogP contribution is -2.53. The molecule has 12 heteroatoms. The Balaban J connectivity index is 1.60. The topological polar surface area (TPSA) is 105 Å². The summed E-state index contributed by atoms with van der Waals surface area (Å²) in [5, 5.41) is 3.58. The van der Waals surface area contributed by atoms with Gasteiger partial charge < -0.3 is 19.7 Å². The van der Waals surface area contributed by atoms with E-state index in [-0.39, 0.29) is 35.4 Å². The number of carbonyl (C=O) groups is 2. The molecule has 252 valence electrons. The fourth-order valence-corrected chi connectivity index (χ4v) is 7.21. The van der Waals surface area contributed by atoms with Gasteiger partial charge in [-0.05, 0) is 47.9 Å². The van der Waals surface area contributed by atoms with Crippen LogP contribution in [0.4, 0.5) is 5.69 Å². The van der Waals surface area contributed by atoms with Crippen molar-refractivity contribution in [2.45, 2.75) is 37.8 Å². The highest BCUT2D eigenvalue weighted by molar-refractivity contribution is 7.92. The molecule has 0 saturated carbocycles. The second kappa shape index (κ2) is 15.8. The van der Waals surface area contributed by atoms with Gasteiger partial charge in [0.25, 0.3) is 10.0 Å². The summed E-state index contributed by atoms with van der Waals surface area (Å²) in [4.78, 5) is 30.0. The highest BCUT2D eigenvalue weighted by Crippen LogP contribution is 2.36. The highest BCUT2D eigenvalue weighted by atomic mass is 35.5. The molecule has 0 unspecified atom stereocenters. The average molecular weight is 711 g/mol. The second-order valence-corrected chi connectivity index (χ2v) is 14.4. The van der Waals surface area contributed by atoms with Crippen LogP contribution in [-0.2, 0) is 32.6 Å². The lowest BCUT2D eigenvalue weighted by Gasteiger charge is -2.34. The van der Waals surface area contributed by atoms with E-state index in [0.717, 1.165) is 9.87 Å². The Kier molecular flexibility index (Phi) is 11.5. The molecule has 0 radical (unpaired) electrons. The lowest BCUT2D eigenvalue weighted by atomic mass is 10.0. The van der Waals surface area contributed by atoms with E-state index in [1.54, 1.807) is 48.5 Å². The van der Waals surface area contributed by atoms with Gasteiger partial charge in [0.05, 0.1) is 10.6 Å². The van der Waals surface area contributed by atoms with Crippen LogP contribution in [0.2, 0.25) is 10.0 Å². The fraction of sp³-hybridized carbons (Fsp3) is 0.278. The maximum absolute atomic E-state index is 14.7. The normalized spacial score (nSPS) is 13.1. The first-order valence-corrected chi connectivity index (χ1v) is 17.8. The predicted octanol–water partition coefficient (Wildman–Crippen LogP) is 6.37. The Morgan fingerprint density at radius 3 is 2.10 bits per heavy atom. The summed E-state index contributed by atoms with van der Waals surface area (Å²) in [5.41, 5.74) is 1.43. The number of nitrogens with one attached hydrogen (secondary N) is 1. The zero-order chi connectivity index (χ0) is 34.3. The second-order valence-electron chi connectivity index (χ2n) is 11.7. The maximum Gasteiger partial charge on any atom is 0.264 e. The van der Waals surface area contributed by atoms with E-state index in [1.165, 1.54) is 23.1 Å². The van der Waals surface area contributed by atoms with Gasteiger partial charge >= 0.3 is 0 Å². The molecular formula is C36H37Cl2N3O6S. The number of ether oxygens (including phenoxy) is 2. The van der Waals surface area contributed by atoms with Crippen LogP contribution < -0.4 is 19.1 Å². The molecule has 0 spiro atoms. The van der Waals surface area contributed by atoms with Crippen LogP contribution in [0.15, 0.2) is 102 Å². The van der Waals surface area contributed by atoms with E-state index >= 15 is 0 Å². The summed E-state index contributed by atoms with van der Waals surface area (Å²) in [7, 11) is -4.29. The lowest BCUT2D eigenvalue weighted by molar-refractivity contribution is -0.140. The van der Waals surface area contributed by atoms with Crippen LogP contribution in [0, 0.1) is 5.92 Å². The van der Waals surface area contributed by atoms with Crippen molar-refractivity contribution in [3.63, 3.8) is 0 Å². The van der Waals surface area contributed by atoms with Crippen molar-refractivity contribution in [3.8, 4) is 11.5 Å². The number of benzene rings is 4. The van der Waals surface area contributed by atoms with Gasteiger partial charge in [0.15, 0.2) is 11.5 Å². The smallest absolute Gasteiger partial charge is 0.264 e. The SMILES string of the molecule is CC(C)CNC(=O)[C@H](Cc1ccccc1)N(Cc1c(Cl)cccc1Cl)C(=O)CN(c1ccc2c(c1)OCCO2)S(=O)(=O)c1ccccc1. The van der Waals surface area contributed by atoms with Gasteiger partial charge in [-0.25, -0.2) is 8.42 Å². The number of anilines is 1. The van der Waals surface area contributed by atoms with E-state index < -0.39 is 28.5 Å². The molecule has 1 N–H and O–H groups in total. The third-order valence-electron chi connectivity index (χ3n) is 7.77. The minimum absolute atomic E-state index is 0.0103. The number of hydrogen-bond donors (Lipinski definition) is 1. The van der Waals surface area contributed by atoms with Crippen LogP contribution in [0.25, 0.3) is 0 Å². The Morgan fingerprint density at radius 1 is 0.833 bits per heavy atom. The molecule has 48 heavy (non-hydrogen) atoms. The Morgan fingerprint density at radius 2 is 1.46 bits per heavy atom. The molecular weight excluding hydrogens is 673 g/mol. The third kappa shape index (κ3) is 8.42. The summed E-state index contributed by atoms with van der Waals surface area (Å²) in [6.07, 6.45) is 0.161. The number of nitrogens with zero attached hydrogens (tertiary/aromatic N) is 2. The molecule has 1 aliphatic heterocycles. The largest absolute Gasteiger partial charge is 0.486 e. The van der Waals surface area contributed by atoms with Crippen LogP contribution in [-0.4, -0.2) is 57.5 Å². The third-order valence-corrected chi connectivity index (χ3v) is 10.3. The zero-order valence-electron chi connectivity index (χ0n) is 26.6. The van der Waals surface area contributed by atoms with E-state index in [4.69, 9.17) is 32.7 Å². The Bertz CT molecular complexity index is 1820. The molecule has 1 atom stereocenters. The Labute approximate surface area is 291 Å². The van der Waals surface area contributed by atoms with Crippen LogP contribution in [0.5, 0.6) is 11.5 Å². The zero-order valence-corrected chi connectivity index (χ0v) is 29.0. The molecule has 0 fully saturated rings. The van der Waals surface area contributed by atoms with Gasteiger partial charge in [0.2, 0.25) is 11.8 Å². The monoisotopic (exact) mass is 709 g/mol. The molecule has 0 saturated heterocycles. The maximum atomic E-state index is 14.7. The van der Waals surface area contributed by atoms with Crippen LogP contribution in [0.3, 0.4) is 0 Å². The van der Waals surface area contributed by atoms with E-state index in [9.17, 15) is 18.0 Å². The van der Waals surface area contributed by atoms with Crippen molar-refractivity contribution in [3.05, 3.63) is 118 Å². The summed E-state index contributed by atoms with van der Waals surface area (Å²) < 4.78 is 40.9. The average Bonchev–Trinajstić information content (AvgIpc) is 3.09. The number of hydrogen-bond acceptors (Lipinski definition) is 6. The van der Waals surface area contributed by atoms with Gasteiger partial charge in [-0.3, -0.25) is 13.9 Å². The fourth-order valence-electron chi connectivity index (χ4n) is 5.27. The molecule has 1 heterocycles. The number of fused-ring (bicyclic) bond motifs is 1. The van der Waals surface area contributed by atoms with E-state index in [0.29, 0.717) is 46.9 Å². The molecule has 2 amide bonds. The van der Waals surface area contributed by atoms with E-state index in [1.807, 2.05) is 44.2 Å². The number of rotatable bonds is 13. The predicted molar refractivity (Wildman–Crippen MR) is 187 cm³/mol. The van der Waals surface area contributed by atoms with Crippen molar-refractivity contribution in [1.29, 1.82) is 0 Å². The molecule has 0 bridgehead atoms.